The van der Waals surface area contributed by atoms with E-state index in [-0.39, 0.29) is 30.4 Å². The smallest absolute Gasteiger partial charge is 0.258 e. The zero-order valence-electron chi connectivity index (χ0n) is 10.9. The summed E-state index contributed by atoms with van der Waals surface area (Å²) >= 11 is 5.57. The number of nitrogens with zero attached hydrogens (tertiary/aromatic N) is 1. The fourth-order valence-corrected chi connectivity index (χ4v) is 2.42. The molecule has 1 aromatic rings. The molecule has 1 heterocycles. The molecule has 1 atom stereocenters. The highest BCUT2D eigenvalue weighted by atomic mass is 35.5. The Morgan fingerprint density at radius 2 is 1.76 bits per heavy atom. The van der Waals surface area contributed by atoms with Crippen molar-refractivity contribution in [2.75, 3.05) is 26.2 Å². The molecule has 0 aromatic heterocycles. The summed E-state index contributed by atoms with van der Waals surface area (Å²) in [6, 6.07) is 0.880. The lowest BCUT2D eigenvalue weighted by Crippen LogP contribution is -2.46. The van der Waals surface area contributed by atoms with Crippen LogP contribution in [0.4, 0.5) is 13.2 Å². The Balaban J connectivity index is 0.00000200. The minimum Gasteiger partial charge on any atom is -0.506 e. The molecule has 3 nitrogen and oxygen atoms in total. The van der Waals surface area contributed by atoms with Crippen LogP contribution in [0, 0.1) is 5.82 Å². The van der Waals surface area contributed by atoms with Gasteiger partial charge in [0.25, 0.3) is 6.43 Å². The van der Waals surface area contributed by atoms with E-state index in [0.29, 0.717) is 26.2 Å². The van der Waals surface area contributed by atoms with Crippen LogP contribution in [0.25, 0.3) is 0 Å². The molecule has 1 fully saturated rings. The Bertz CT molecular complexity index is 460. The van der Waals surface area contributed by atoms with E-state index in [1.54, 1.807) is 4.90 Å². The Morgan fingerprint density at radius 1 is 1.19 bits per heavy atom. The summed E-state index contributed by atoms with van der Waals surface area (Å²) in [4.78, 5) is 1.56. The summed E-state index contributed by atoms with van der Waals surface area (Å²) in [5, 5.41) is 12.3. The molecule has 1 saturated heterocycles. The topological polar surface area (TPSA) is 35.5 Å². The van der Waals surface area contributed by atoms with Crippen molar-refractivity contribution in [3.63, 3.8) is 0 Å². The first kappa shape index (κ1) is 20.6. The second kappa shape index (κ2) is 8.90. The number of hydrogen-bond donors (Lipinski definition) is 2. The van der Waals surface area contributed by atoms with Crippen molar-refractivity contribution in [3.05, 3.63) is 28.5 Å². The first-order valence-electron chi connectivity index (χ1n) is 5.92. The average Bonchev–Trinajstić information content (AvgIpc) is 2.40. The van der Waals surface area contributed by atoms with Gasteiger partial charge in [-0.2, -0.15) is 0 Å². The van der Waals surface area contributed by atoms with Crippen molar-refractivity contribution in [1.82, 2.24) is 10.2 Å². The van der Waals surface area contributed by atoms with E-state index in [1.165, 1.54) is 0 Å². The van der Waals surface area contributed by atoms with Crippen LogP contribution in [0.3, 0.4) is 0 Å². The van der Waals surface area contributed by atoms with E-state index in [2.05, 4.69) is 5.32 Å². The van der Waals surface area contributed by atoms with Gasteiger partial charge < -0.3 is 10.4 Å². The quantitative estimate of drug-likeness (QED) is 0.861. The van der Waals surface area contributed by atoms with Crippen molar-refractivity contribution < 1.29 is 18.3 Å². The fourth-order valence-electron chi connectivity index (χ4n) is 2.25. The van der Waals surface area contributed by atoms with Crippen molar-refractivity contribution in [2.24, 2.45) is 0 Å². The molecule has 0 spiro atoms. The molecule has 122 valence electrons. The monoisotopic (exact) mass is 366 g/mol. The van der Waals surface area contributed by atoms with Gasteiger partial charge >= 0.3 is 0 Å². The SMILES string of the molecule is Cl.Cl.Oc1c([C@@H](C(F)F)N2CCNCC2)ccc(F)c1Cl. The molecule has 0 amide bonds. The van der Waals surface area contributed by atoms with Crippen molar-refractivity contribution in [1.29, 1.82) is 0 Å². The van der Waals surface area contributed by atoms with E-state index in [1.807, 2.05) is 0 Å². The number of nitrogens with one attached hydrogen (secondary N) is 1. The number of alkyl halides is 2. The Kier molecular flexibility index (Phi) is 8.73. The maximum absolute atomic E-state index is 13.3. The molecule has 0 aliphatic carbocycles. The molecule has 0 radical (unpaired) electrons. The lowest BCUT2D eigenvalue weighted by molar-refractivity contribution is 0.0170. The minimum absolute atomic E-state index is 0. The average molecular weight is 368 g/mol. The van der Waals surface area contributed by atoms with Gasteiger partial charge in [0.05, 0.1) is 0 Å². The van der Waals surface area contributed by atoms with Crippen LogP contribution < -0.4 is 5.32 Å². The molecule has 0 unspecified atom stereocenters. The maximum atomic E-state index is 13.3. The molecular weight excluding hydrogens is 351 g/mol. The normalized spacial score (nSPS) is 17.0. The van der Waals surface area contributed by atoms with Crippen LogP contribution in [0.1, 0.15) is 11.6 Å². The number of halogens is 6. The third-order valence-corrected chi connectivity index (χ3v) is 3.56. The summed E-state index contributed by atoms with van der Waals surface area (Å²) in [5.41, 5.74) is -0.0386. The van der Waals surface area contributed by atoms with Crippen LogP contribution in [-0.2, 0) is 0 Å². The largest absolute Gasteiger partial charge is 0.506 e. The molecule has 2 rings (SSSR count). The van der Waals surface area contributed by atoms with Crippen LogP contribution in [-0.4, -0.2) is 42.6 Å². The maximum Gasteiger partial charge on any atom is 0.258 e. The molecular formula is C12H16Cl3F3N2O. The number of piperazine rings is 1. The van der Waals surface area contributed by atoms with Gasteiger partial charge in [-0.25, -0.2) is 13.2 Å². The number of phenolic OH excluding ortho intramolecular Hbond substituents is 1. The van der Waals surface area contributed by atoms with Crippen molar-refractivity contribution in [2.45, 2.75) is 12.5 Å². The molecule has 0 bridgehead atoms. The first-order valence-corrected chi connectivity index (χ1v) is 6.30. The first-order chi connectivity index (χ1) is 9.02. The summed E-state index contributed by atoms with van der Waals surface area (Å²) in [6.07, 6.45) is -2.69. The Hall–Kier alpha value is -0.400. The van der Waals surface area contributed by atoms with Gasteiger partial charge in [-0.3, -0.25) is 4.90 Å². The summed E-state index contributed by atoms with van der Waals surface area (Å²) < 4.78 is 39.7. The van der Waals surface area contributed by atoms with E-state index >= 15 is 0 Å². The van der Waals surface area contributed by atoms with Crippen molar-refractivity contribution in [3.8, 4) is 5.75 Å². The second-order valence-corrected chi connectivity index (χ2v) is 4.74. The Morgan fingerprint density at radius 3 is 2.29 bits per heavy atom. The van der Waals surface area contributed by atoms with Gasteiger partial charge in [-0.05, 0) is 6.07 Å². The van der Waals surface area contributed by atoms with E-state index in [0.717, 1.165) is 12.1 Å². The molecule has 0 saturated carbocycles. The third-order valence-electron chi connectivity index (χ3n) is 3.20. The van der Waals surface area contributed by atoms with Crippen LogP contribution in [0.5, 0.6) is 5.75 Å². The molecule has 21 heavy (non-hydrogen) atoms. The van der Waals surface area contributed by atoms with Gasteiger partial charge in [0.2, 0.25) is 0 Å². The molecule has 2 N–H and O–H groups in total. The lowest BCUT2D eigenvalue weighted by Gasteiger charge is -2.35. The summed E-state index contributed by atoms with van der Waals surface area (Å²) in [5.74, 6) is -1.43. The standard InChI is InChI=1S/C12H14ClF3N2O.2ClH/c13-9-8(14)2-1-7(11(9)19)10(12(15)16)18-5-3-17-4-6-18;;/h1-2,10,12,17,19H,3-6H2;2*1H/t10-;;/m0../s1. The van der Waals surface area contributed by atoms with Crippen LogP contribution in [0.2, 0.25) is 5.02 Å². The number of rotatable bonds is 3. The van der Waals surface area contributed by atoms with Gasteiger partial charge in [-0.15, -0.1) is 24.8 Å². The van der Waals surface area contributed by atoms with Crippen molar-refractivity contribution >= 4 is 36.4 Å². The van der Waals surface area contributed by atoms with Gasteiger partial charge in [0.1, 0.15) is 22.6 Å². The van der Waals surface area contributed by atoms with E-state index in [9.17, 15) is 18.3 Å². The summed E-state index contributed by atoms with van der Waals surface area (Å²) in [6.45, 7) is 2.06. The number of aromatic hydroxyl groups is 1. The lowest BCUT2D eigenvalue weighted by atomic mass is 10.0. The van der Waals surface area contributed by atoms with Gasteiger partial charge in [0, 0.05) is 31.7 Å². The van der Waals surface area contributed by atoms with Gasteiger partial charge in [-0.1, -0.05) is 17.7 Å². The van der Waals surface area contributed by atoms with Crippen LogP contribution in [0.15, 0.2) is 12.1 Å². The predicted molar refractivity (Wildman–Crippen MR) is 80.8 cm³/mol. The summed E-state index contributed by atoms with van der Waals surface area (Å²) in [7, 11) is 0. The van der Waals surface area contributed by atoms with Gasteiger partial charge in [0.15, 0.2) is 0 Å². The van der Waals surface area contributed by atoms with E-state index in [4.69, 9.17) is 11.6 Å². The molecule has 1 aliphatic rings. The zero-order chi connectivity index (χ0) is 14.0. The second-order valence-electron chi connectivity index (χ2n) is 4.36. The number of phenols is 1. The zero-order valence-corrected chi connectivity index (χ0v) is 13.2. The highest BCUT2D eigenvalue weighted by Crippen LogP contribution is 2.38. The van der Waals surface area contributed by atoms with E-state index < -0.39 is 29.1 Å². The molecule has 1 aromatic carbocycles. The molecule has 1 aliphatic heterocycles. The Labute approximate surface area is 138 Å². The fraction of sp³-hybridized carbons (Fsp3) is 0.500. The highest BCUT2D eigenvalue weighted by molar-refractivity contribution is 6.32. The number of benzene rings is 1. The predicted octanol–water partition coefficient (Wildman–Crippen LogP) is 3.24. The number of hydrogen-bond acceptors (Lipinski definition) is 3. The highest BCUT2D eigenvalue weighted by Gasteiger charge is 2.33. The van der Waals surface area contributed by atoms with Crippen LogP contribution >= 0.6 is 36.4 Å². The minimum atomic E-state index is -2.69. The molecule has 9 heteroatoms. The third kappa shape index (κ3) is 4.53.